The average Bonchev–Trinajstić information content (AvgIpc) is 2.77. The lowest BCUT2D eigenvalue weighted by Gasteiger charge is -2.33. The first-order valence-electron chi connectivity index (χ1n) is 9.80. The van der Waals surface area contributed by atoms with Crippen LogP contribution in [0.25, 0.3) is 0 Å². The SMILES string of the molecule is CSc1ncc(C(C)(O)COc2cccc(C(F)(F)F)n2)c(C2CCN(C(=O)O)CC2)n1. The molecule has 0 aliphatic carbocycles. The van der Waals surface area contributed by atoms with E-state index in [1.165, 1.54) is 41.9 Å². The van der Waals surface area contributed by atoms with Gasteiger partial charge in [0.05, 0.1) is 5.69 Å². The number of alkyl halides is 3. The molecule has 1 unspecified atom stereocenters. The van der Waals surface area contributed by atoms with E-state index in [1.54, 1.807) is 0 Å². The van der Waals surface area contributed by atoms with E-state index in [-0.39, 0.29) is 18.4 Å². The van der Waals surface area contributed by atoms with Crippen molar-refractivity contribution < 1.29 is 32.9 Å². The van der Waals surface area contributed by atoms with Crippen LogP contribution in [0.5, 0.6) is 5.88 Å². The maximum Gasteiger partial charge on any atom is 0.433 e. The number of nitrogens with zero attached hydrogens (tertiary/aromatic N) is 4. The lowest BCUT2D eigenvalue weighted by atomic mass is 9.86. The molecule has 3 rings (SSSR count). The van der Waals surface area contributed by atoms with E-state index in [0.717, 1.165) is 6.07 Å². The van der Waals surface area contributed by atoms with E-state index in [2.05, 4.69) is 15.0 Å². The van der Waals surface area contributed by atoms with Crippen LogP contribution in [0.3, 0.4) is 0 Å². The number of carboxylic acid groups (broad SMARTS) is 1. The van der Waals surface area contributed by atoms with E-state index in [4.69, 9.17) is 4.74 Å². The number of aliphatic hydroxyl groups is 1. The predicted octanol–water partition coefficient (Wildman–Crippen LogP) is 3.76. The average molecular weight is 472 g/mol. The molecule has 0 spiro atoms. The summed E-state index contributed by atoms with van der Waals surface area (Å²) in [4.78, 5) is 24.8. The van der Waals surface area contributed by atoms with Crippen molar-refractivity contribution in [2.45, 2.75) is 42.6 Å². The van der Waals surface area contributed by atoms with Gasteiger partial charge in [0.1, 0.15) is 17.9 Å². The Hall–Kier alpha value is -2.60. The molecule has 2 N–H and O–H groups in total. The van der Waals surface area contributed by atoms with Gasteiger partial charge in [-0.25, -0.2) is 19.7 Å². The van der Waals surface area contributed by atoms with Gasteiger partial charge in [-0.1, -0.05) is 17.8 Å². The van der Waals surface area contributed by atoms with E-state index >= 15 is 0 Å². The smallest absolute Gasteiger partial charge is 0.433 e. The maximum absolute atomic E-state index is 12.9. The number of hydrogen-bond donors (Lipinski definition) is 2. The Morgan fingerprint density at radius 3 is 2.56 bits per heavy atom. The van der Waals surface area contributed by atoms with Crippen molar-refractivity contribution in [2.75, 3.05) is 26.0 Å². The van der Waals surface area contributed by atoms with Gasteiger partial charge in [-0.05, 0) is 32.1 Å². The molecule has 2 aromatic heterocycles. The topological polar surface area (TPSA) is 109 Å². The second-order valence-electron chi connectivity index (χ2n) is 7.62. The number of halogens is 3. The highest BCUT2D eigenvalue weighted by molar-refractivity contribution is 7.98. The third-order valence-corrected chi connectivity index (χ3v) is 5.79. The molecule has 1 aliphatic heterocycles. The third-order valence-electron chi connectivity index (χ3n) is 5.23. The summed E-state index contributed by atoms with van der Waals surface area (Å²) >= 11 is 1.33. The highest BCUT2D eigenvalue weighted by atomic mass is 32.2. The van der Waals surface area contributed by atoms with Crippen molar-refractivity contribution in [3.8, 4) is 5.88 Å². The van der Waals surface area contributed by atoms with Crippen LogP contribution < -0.4 is 4.74 Å². The second kappa shape index (κ2) is 9.49. The monoisotopic (exact) mass is 472 g/mol. The molecular weight excluding hydrogens is 449 g/mol. The lowest BCUT2D eigenvalue weighted by Crippen LogP contribution is -2.38. The van der Waals surface area contributed by atoms with Crippen LogP contribution in [0.2, 0.25) is 0 Å². The first-order valence-corrected chi connectivity index (χ1v) is 11.0. The van der Waals surface area contributed by atoms with Crippen molar-refractivity contribution >= 4 is 17.9 Å². The van der Waals surface area contributed by atoms with E-state index in [0.29, 0.717) is 42.3 Å². The molecule has 8 nitrogen and oxygen atoms in total. The first-order chi connectivity index (χ1) is 15.0. The highest BCUT2D eigenvalue weighted by Crippen LogP contribution is 2.35. The molecule has 0 aromatic carbocycles. The van der Waals surface area contributed by atoms with Crippen LogP contribution in [-0.2, 0) is 11.8 Å². The third kappa shape index (κ3) is 5.60. The summed E-state index contributed by atoms with van der Waals surface area (Å²) in [6, 6.07) is 3.29. The number of likely N-dealkylation sites (tertiary alicyclic amines) is 1. The molecule has 12 heteroatoms. The minimum Gasteiger partial charge on any atom is -0.474 e. The molecule has 32 heavy (non-hydrogen) atoms. The normalized spacial score (nSPS) is 17.1. The summed E-state index contributed by atoms with van der Waals surface area (Å²) < 4.78 is 44.1. The highest BCUT2D eigenvalue weighted by Gasteiger charge is 2.35. The number of carbonyl (C=O) groups is 1. The molecule has 1 atom stereocenters. The predicted molar refractivity (Wildman–Crippen MR) is 110 cm³/mol. The zero-order chi connectivity index (χ0) is 23.5. The number of hydrogen-bond acceptors (Lipinski definition) is 7. The Labute approximate surface area is 186 Å². The molecule has 1 aliphatic rings. The van der Waals surface area contributed by atoms with Crippen LogP contribution in [0.15, 0.2) is 29.6 Å². The van der Waals surface area contributed by atoms with Gasteiger partial charge in [-0.15, -0.1) is 0 Å². The van der Waals surface area contributed by atoms with Gasteiger partial charge < -0.3 is 19.8 Å². The molecule has 1 saturated heterocycles. The van der Waals surface area contributed by atoms with Gasteiger partial charge in [-0.2, -0.15) is 13.2 Å². The van der Waals surface area contributed by atoms with Crippen LogP contribution >= 0.6 is 11.8 Å². The van der Waals surface area contributed by atoms with Gasteiger partial charge in [0.25, 0.3) is 0 Å². The zero-order valence-electron chi connectivity index (χ0n) is 17.5. The minimum atomic E-state index is -4.61. The second-order valence-corrected chi connectivity index (χ2v) is 8.39. The molecule has 2 aromatic rings. The molecular formula is C20H23F3N4O4S. The number of amides is 1. The van der Waals surface area contributed by atoms with Crippen molar-refractivity contribution in [1.82, 2.24) is 19.9 Å². The summed E-state index contributed by atoms with van der Waals surface area (Å²) in [5, 5.41) is 20.8. The maximum atomic E-state index is 12.9. The zero-order valence-corrected chi connectivity index (χ0v) is 18.3. The number of pyridine rings is 1. The molecule has 0 bridgehead atoms. The Bertz CT molecular complexity index is 966. The molecule has 174 valence electrons. The van der Waals surface area contributed by atoms with Crippen molar-refractivity contribution in [1.29, 1.82) is 0 Å². The summed E-state index contributed by atoms with van der Waals surface area (Å²) in [6.07, 6.45) is -1.24. The molecule has 3 heterocycles. The Morgan fingerprint density at radius 1 is 1.28 bits per heavy atom. The minimum absolute atomic E-state index is 0.104. The number of thioether (sulfide) groups is 1. The summed E-state index contributed by atoms with van der Waals surface area (Å²) in [5.74, 6) is -0.370. The van der Waals surface area contributed by atoms with Gasteiger partial charge in [0, 0.05) is 36.8 Å². The van der Waals surface area contributed by atoms with Gasteiger partial charge in [-0.3, -0.25) is 0 Å². The molecule has 0 radical (unpaired) electrons. The number of aromatic nitrogens is 3. The van der Waals surface area contributed by atoms with Gasteiger partial charge in [0.2, 0.25) is 5.88 Å². The van der Waals surface area contributed by atoms with Crippen molar-refractivity contribution in [2.24, 2.45) is 0 Å². The van der Waals surface area contributed by atoms with Crippen LogP contribution in [0.4, 0.5) is 18.0 Å². The fourth-order valence-corrected chi connectivity index (χ4v) is 3.84. The van der Waals surface area contributed by atoms with Crippen LogP contribution in [-0.4, -0.2) is 62.1 Å². The van der Waals surface area contributed by atoms with Crippen molar-refractivity contribution in [3.05, 3.63) is 41.3 Å². The van der Waals surface area contributed by atoms with Gasteiger partial charge >= 0.3 is 12.3 Å². The fourth-order valence-electron chi connectivity index (χ4n) is 3.49. The van der Waals surface area contributed by atoms with E-state index in [9.17, 15) is 28.2 Å². The summed E-state index contributed by atoms with van der Waals surface area (Å²) in [5.41, 5.74) is -1.74. The number of piperidine rings is 1. The Balaban J connectivity index is 1.82. The standard InChI is InChI=1S/C20H23F3N4O4S/c1-19(30,11-31-15-5-3-4-14(25-15)20(21,22)23)13-10-24-17(32-2)26-16(13)12-6-8-27(9-7-12)18(28)29/h3-5,10,12,30H,6-9,11H2,1-2H3,(H,28,29). The molecule has 1 amide bonds. The summed E-state index contributed by atoms with van der Waals surface area (Å²) in [7, 11) is 0. The quantitative estimate of drug-likeness (QED) is 0.483. The first kappa shape index (κ1) is 24.1. The van der Waals surface area contributed by atoms with Crippen LogP contribution in [0, 0.1) is 0 Å². The summed E-state index contributed by atoms with van der Waals surface area (Å²) in [6.45, 7) is 1.77. The fraction of sp³-hybridized carbons (Fsp3) is 0.500. The Morgan fingerprint density at radius 2 is 1.97 bits per heavy atom. The molecule has 1 fully saturated rings. The van der Waals surface area contributed by atoms with Crippen molar-refractivity contribution in [3.63, 3.8) is 0 Å². The Kier molecular flexibility index (Phi) is 7.13. The van der Waals surface area contributed by atoms with Gasteiger partial charge in [0.15, 0.2) is 5.16 Å². The van der Waals surface area contributed by atoms with E-state index < -0.39 is 23.6 Å². The van der Waals surface area contributed by atoms with E-state index in [1.807, 2.05) is 6.26 Å². The largest absolute Gasteiger partial charge is 0.474 e. The number of ether oxygens (including phenoxy) is 1. The lowest BCUT2D eigenvalue weighted by molar-refractivity contribution is -0.141. The van der Waals surface area contributed by atoms with Crippen LogP contribution in [0.1, 0.15) is 42.6 Å². The molecule has 0 saturated carbocycles. The number of rotatable bonds is 6.